The standard InChI is InChI=1S/C13H17N5S/c1-3-11(17-13-14-4-2-5-15-13)7-18(6-1)8-12-9-19-10-16-12/h2,4-5,9-11H,1,3,6-8H2,(H,14,15,17). The number of piperidine rings is 1. The van der Waals surface area contributed by atoms with Crippen LogP contribution in [0.3, 0.4) is 0 Å². The number of anilines is 1. The Hall–Kier alpha value is -1.53. The van der Waals surface area contributed by atoms with E-state index in [4.69, 9.17) is 0 Å². The summed E-state index contributed by atoms with van der Waals surface area (Å²) in [5.41, 5.74) is 3.06. The molecule has 1 atom stereocenters. The molecule has 0 aromatic carbocycles. The highest BCUT2D eigenvalue weighted by atomic mass is 32.1. The number of rotatable bonds is 4. The Morgan fingerprint density at radius 2 is 2.21 bits per heavy atom. The molecule has 19 heavy (non-hydrogen) atoms. The molecule has 1 N–H and O–H groups in total. The lowest BCUT2D eigenvalue weighted by Crippen LogP contribution is -2.41. The first-order valence-electron chi connectivity index (χ1n) is 6.53. The van der Waals surface area contributed by atoms with Gasteiger partial charge < -0.3 is 5.32 Å². The molecule has 100 valence electrons. The van der Waals surface area contributed by atoms with E-state index >= 15 is 0 Å². The zero-order chi connectivity index (χ0) is 12.9. The Balaban J connectivity index is 1.56. The smallest absolute Gasteiger partial charge is 0.222 e. The molecule has 1 unspecified atom stereocenters. The molecule has 1 aliphatic heterocycles. The van der Waals surface area contributed by atoms with Crippen LogP contribution in [0, 0.1) is 0 Å². The maximum absolute atomic E-state index is 4.35. The van der Waals surface area contributed by atoms with Gasteiger partial charge in [-0.1, -0.05) is 0 Å². The number of aromatic nitrogens is 3. The average molecular weight is 275 g/mol. The molecule has 2 aromatic heterocycles. The van der Waals surface area contributed by atoms with E-state index in [1.807, 2.05) is 11.6 Å². The van der Waals surface area contributed by atoms with Crippen molar-refractivity contribution in [3.8, 4) is 0 Å². The van der Waals surface area contributed by atoms with Crippen molar-refractivity contribution in [3.05, 3.63) is 35.0 Å². The van der Waals surface area contributed by atoms with Gasteiger partial charge in [-0.2, -0.15) is 0 Å². The number of nitrogens with one attached hydrogen (secondary N) is 1. The van der Waals surface area contributed by atoms with Gasteiger partial charge in [0.05, 0.1) is 11.2 Å². The molecule has 0 aliphatic carbocycles. The minimum atomic E-state index is 0.426. The van der Waals surface area contributed by atoms with Gasteiger partial charge in [0, 0.05) is 36.9 Å². The molecule has 5 nitrogen and oxygen atoms in total. The van der Waals surface area contributed by atoms with E-state index < -0.39 is 0 Å². The van der Waals surface area contributed by atoms with E-state index in [-0.39, 0.29) is 0 Å². The second kappa shape index (κ2) is 6.08. The highest BCUT2D eigenvalue weighted by Gasteiger charge is 2.20. The van der Waals surface area contributed by atoms with E-state index in [2.05, 4.69) is 30.5 Å². The quantitative estimate of drug-likeness (QED) is 0.925. The van der Waals surface area contributed by atoms with Crippen LogP contribution in [0.4, 0.5) is 5.95 Å². The largest absolute Gasteiger partial charge is 0.350 e. The summed E-state index contributed by atoms with van der Waals surface area (Å²) < 4.78 is 0. The van der Waals surface area contributed by atoms with Crippen molar-refractivity contribution < 1.29 is 0 Å². The van der Waals surface area contributed by atoms with Crippen molar-refractivity contribution in [2.45, 2.75) is 25.4 Å². The number of nitrogens with zero attached hydrogens (tertiary/aromatic N) is 4. The number of hydrogen-bond acceptors (Lipinski definition) is 6. The van der Waals surface area contributed by atoms with Gasteiger partial charge in [0.2, 0.25) is 5.95 Å². The monoisotopic (exact) mass is 275 g/mol. The zero-order valence-corrected chi connectivity index (χ0v) is 11.5. The van der Waals surface area contributed by atoms with Gasteiger partial charge in [-0.05, 0) is 25.5 Å². The van der Waals surface area contributed by atoms with Crippen LogP contribution in [0.1, 0.15) is 18.5 Å². The molecule has 3 heterocycles. The lowest BCUT2D eigenvalue weighted by Gasteiger charge is -2.32. The van der Waals surface area contributed by atoms with E-state index in [0.29, 0.717) is 6.04 Å². The van der Waals surface area contributed by atoms with Crippen LogP contribution >= 0.6 is 11.3 Å². The lowest BCUT2D eigenvalue weighted by molar-refractivity contribution is 0.206. The fraction of sp³-hybridized carbons (Fsp3) is 0.462. The van der Waals surface area contributed by atoms with Gasteiger partial charge in [-0.3, -0.25) is 4.90 Å². The molecule has 0 amide bonds. The molecule has 2 aromatic rings. The van der Waals surface area contributed by atoms with E-state index in [1.54, 1.807) is 23.7 Å². The number of thiazole rings is 1. The SMILES string of the molecule is c1cnc(NC2CCCN(Cc3cscn3)C2)nc1. The Morgan fingerprint density at radius 1 is 1.32 bits per heavy atom. The van der Waals surface area contributed by atoms with Crippen molar-refractivity contribution in [1.82, 2.24) is 19.9 Å². The molecule has 0 bridgehead atoms. The maximum atomic E-state index is 4.35. The second-order valence-electron chi connectivity index (χ2n) is 4.77. The van der Waals surface area contributed by atoms with Crippen molar-refractivity contribution in [2.24, 2.45) is 0 Å². The van der Waals surface area contributed by atoms with Crippen LogP contribution in [0.25, 0.3) is 0 Å². The fourth-order valence-electron chi connectivity index (χ4n) is 2.42. The summed E-state index contributed by atoms with van der Waals surface area (Å²) in [4.78, 5) is 15.2. The van der Waals surface area contributed by atoms with Gasteiger partial charge in [-0.15, -0.1) is 11.3 Å². The van der Waals surface area contributed by atoms with Crippen molar-refractivity contribution >= 4 is 17.3 Å². The third-order valence-electron chi connectivity index (χ3n) is 3.27. The molecule has 0 spiro atoms. The van der Waals surface area contributed by atoms with Crippen LogP contribution in [-0.4, -0.2) is 39.0 Å². The van der Waals surface area contributed by atoms with Gasteiger partial charge >= 0.3 is 0 Å². The predicted octanol–water partition coefficient (Wildman–Crippen LogP) is 2.01. The topological polar surface area (TPSA) is 53.9 Å². The summed E-state index contributed by atoms with van der Waals surface area (Å²) in [6.07, 6.45) is 5.91. The third kappa shape index (κ3) is 3.48. The third-order valence-corrected chi connectivity index (χ3v) is 3.91. The van der Waals surface area contributed by atoms with Gasteiger partial charge in [-0.25, -0.2) is 15.0 Å². The molecule has 6 heteroatoms. The first-order chi connectivity index (χ1) is 9.40. The van der Waals surface area contributed by atoms with E-state index in [0.717, 1.165) is 25.6 Å². The Bertz CT molecular complexity index is 487. The van der Waals surface area contributed by atoms with Gasteiger partial charge in [0.15, 0.2) is 0 Å². The fourth-order valence-corrected chi connectivity index (χ4v) is 2.97. The normalized spacial score (nSPS) is 20.3. The summed E-state index contributed by atoms with van der Waals surface area (Å²) in [5.74, 6) is 0.725. The molecule has 1 saturated heterocycles. The first kappa shape index (κ1) is 12.5. The average Bonchev–Trinajstić information content (AvgIpc) is 2.93. The molecule has 1 fully saturated rings. The van der Waals surface area contributed by atoms with Crippen LogP contribution in [0.5, 0.6) is 0 Å². The summed E-state index contributed by atoms with van der Waals surface area (Å²) in [5, 5.41) is 5.53. The van der Waals surface area contributed by atoms with E-state index in [1.165, 1.54) is 18.5 Å². The lowest BCUT2D eigenvalue weighted by atomic mass is 10.1. The number of hydrogen-bond donors (Lipinski definition) is 1. The minimum absolute atomic E-state index is 0.426. The Morgan fingerprint density at radius 3 is 3.00 bits per heavy atom. The van der Waals surface area contributed by atoms with Crippen LogP contribution in [0.2, 0.25) is 0 Å². The van der Waals surface area contributed by atoms with Crippen LogP contribution in [0.15, 0.2) is 29.4 Å². The molecule has 1 aliphatic rings. The molecule has 3 rings (SSSR count). The molecule has 0 radical (unpaired) electrons. The van der Waals surface area contributed by atoms with Crippen LogP contribution in [-0.2, 0) is 6.54 Å². The highest BCUT2D eigenvalue weighted by Crippen LogP contribution is 2.16. The Labute approximate surface area is 116 Å². The summed E-state index contributed by atoms with van der Waals surface area (Å²) in [6, 6.07) is 2.26. The number of likely N-dealkylation sites (tertiary alicyclic amines) is 1. The van der Waals surface area contributed by atoms with Crippen LogP contribution < -0.4 is 5.32 Å². The van der Waals surface area contributed by atoms with Crippen molar-refractivity contribution in [2.75, 3.05) is 18.4 Å². The molecular weight excluding hydrogens is 258 g/mol. The summed E-state index contributed by atoms with van der Waals surface area (Å²) in [6.45, 7) is 3.11. The summed E-state index contributed by atoms with van der Waals surface area (Å²) >= 11 is 1.66. The second-order valence-corrected chi connectivity index (χ2v) is 5.49. The van der Waals surface area contributed by atoms with Crippen molar-refractivity contribution in [3.63, 3.8) is 0 Å². The maximum Gasteiger partial charge on any atom is 0.222 e. The minimum Gasteiger partial charge on any atom is -0.350 e. The molecular formula is C13H17N5S. The Kier molecular flexibility index (Phi) is 4.00. The molecule has 0 saturated carbocycles. The first-order valence-corrected chi connectivity index (χ1v) is 7.47. The van der Waals surface area contributed by atoms with E-state index in [9.17, 15) is 0 Å². The van der Waals surface area contributed by atoms with Gasteiger partial charge in [0.1, 0.15) is 0 Å². The van der Waals surface area contributed by atoms with Crippen molar-refractivity contribution in [1.29, 1.82) is 0 Å². The van der Waals surface area contributed by atoms with Gasteiger partial charge in [0.25, 0.3) is 0 Å². The summed E-state index contributed by atoms with van der Waals surface area (Å²) in [7, 11) is 0. The zero-order valence-electron chi connectivity index (χ0n) is 10.7. The predicted molar refractivity (Wildman–Crippen MR) is 76.1 cm³/mol. The highest BCUT2D eigenvalue weighted by molar-refractivity contribution is 7.07.